The maximum Gasteiger partial charge on any atom is 0.303 e. The molecule has 7 heteroatoms. The monoisotopic (exact) mass is 503 g/mol. The van der Waals surface area contributed by atoms with Crippen molar-refractivity contribution < 1.29 is 14.7 Å². The molecule has 0 atom stereocenters. The summed E-state index contributed by atoms with van der Waals surface area (Å²) >= 11 is 6.16. The Morgan fingerprint density at radius 3 is 2.31 bits per heavy atom. The lowest BCUT2D eigenvalue weighted by Crippen LogP contribution is -2.13. The Hall–Kier alpha value is -3.61. The molecule has 6 nitrogen and oxygen atoms in total. The van der Waals surface area contributed by atoms with Gasteiger partial charge in [0.25, 0.3) is 5.91 Å². The van der Waals surface area contributed by atoms with Gasteiger partial charge >= 0.3 is 5.97 Å². The number of carboxylic acids is 1. The average Bonchev–Trinajstić information content (AvgIpc) is 3.16. The first-order valence-electron chi connectivity index (χ1n) is 12.0. The number of hydrogen-bond donors (Lipinski definition) is 3. The van der Waals surface area contributed by atoms with Crippen LogP contribution in [0.4, 0.5) is 11.4 Å². The molecule has 3 aromatic rings. The molecule has 0 unspecified atom stereocenters. The van der Waals surface area contributed by atoms with Crippen molar-refractivity contribution in [1.29, 1.82) is 0 Å². The number of hydrogen-bond acceptors (Lipinski definition) is 4. The highest BCUT2D eigenvalue weighted by Gasteiger charge is 2.28. The number of aliphatic carboxylic acids is 1. The summed E-state index contributed by atoms with van der Waals surface area (Å²) in [6.07, 6.45) is 2.61. The zero-order valence-corrected chi connectivity index (χ0v) is 21.2. The predicted octanol–water partition coefficient (Wildman–Crippen LogP) is 5.78. The van der Waals surface area contributed by atoms with E-state index in [9.17, 15) is 9.59 Å². The number of rotatable bonds is 10. The molecule has 0 aromatic heterocycles. The number of benzene rings is 3. The maximum absolute atomic E-state index is 13.1. The van der Waals surface area contributed by atoms with E-state index >= 15 is 0 Å². The summed E-state index contributed by atoms with van der Waals surface area (Å²) in [7, 11) is 4.15. The van der Waals surface area contributed by atoms with Crippen LogP contribution in [0.5, 0.6) is 0 Å². The van der Waals surface area contributed by atoms with Crippen LogP contribution in [-0.2, 0) is 22.4 Å². The van der Waals surface area contributed by atoms with Crippen LogP contribution in [-0.4, -0.2) is 42.5 Å². The minimum absolute atomic E-state index is 0.0724. The first-order chi connectivity index (χ1) is 17.3. The predicted molar refractivity (Wildman–Crippen MR) is 146 cm³/mol. The third kappa shape index (κ3) is 6.33. The fourth-order valence-electron chi connectivity index (χ4n) is 4.26. The second kappa shape index (κ2) is 11.4. The second-order valence-electron chi connectivity index (χ2n) is 9.21. The van der Waals surface area contributed by atoms with Crippen LogP contribution in [0.2, 0.25) is 5.02 Å². The van der Waals surface area contributed by atoms with E-state index in [1.807, 2.05) is 42.5 Å². The number of anilines is 2. The zero-order valence-electron chi connectivity index (χ0n) is 20.5. The van der Waals surface area contributed by atoms with E-state index in [4.69, 9.17) is 16.7 Å². The Kier molecular flexibility index (Phi) is 8.08. The molecule has 36 heavy (non-hydrogen) atoms. The number of aryl methyl sites for hydroxylation is 2. The lowest BCUT2D eigenvalue weighted by atomic mass is 9.98. The number of halogens is 1. The van der Waals surface area contributed by atoms with Crippen molar-refractivity contribution in [1.82, 2.24) is 4.90 Å². The van der Waals surface area contributed by atoms with Crippen LogP contribution in [0.3, 0.4) is 0 Å². The average molecular weight is 504 g/mol. The molecule has 3 N–H and O–H groups in total. The highest BCUT2D eigenvalue weighted by Crippen LogP contribution is 2.38. The van der Waals surface area contributed by atoms with Crippen LogP contribution in [0.1, 0.15) is 35.1 Å². The standard InChI is InChI=1S/C29H30ClN3O3/c1-33(2)17-3-4-19-7-13-23(14-8-19)31-28(21-10-5-20(6-11-21)9-16-26(34)35)27-24-15-12-22(30)18-25(24)32-29(27)36/h5-8,10-15,18,31H,3-4,9,16-17H2,1-2H3,(H,32,36)(H,34,35). The Morgan fingerprint density at radius 1 is 0.972 bits per heavy atom. The third-order valence-electron chi connectivity index (χ3n) is 6.14. The van der Waals surface area contributed by atoms with Crippen molar-refractivity contribution in [2.45, 2.75) is 25.7 Å². The molecule has 0 radical (unpaired) electrons. The summed E-state index contributed by atoms with van der Waals surface area (Å²) in [4.78, 5) is 26.2. The van der Waals surface area contributed by atoms with Gasteiger partial charge in [0.15, 0.2) is 0 Å². The van der Waals surface area contributed by atoms with Crippen LogP contribution < -0.4 is 10.6 Å². The first-order valence-corrected chi connectivity index (χ1v) is 12.4. The first kappa shape index (κ1) is 25.5. The molecule has 1 amide bonds. The van der Waals surface area contributed by atoms with Gasteiger partial charge in [-0.2, -0.15) is 0 Å². The van der Waals surface area contributed by atoms with E-state index in [0.29, 0.717) is 28.4 Å². The SMILES string of the molecule is CN(C)CCCc1ccc(NC(=C2C(=O)Nc3cc(Cl)ccc32)c2ccc(CCC(=O)O)cc2)cc1. The van der Waals surface area contributed by atoms with Gasteiger partial charge in [-0.15, -0.1) is 0 Å². The fraction of sp³-hybridized carbons (Fsp3) is 0.241. The molecular formula is C29H30ClN3O3. The molecule has 0 fully saturated rings. The molecule has 1 aliphatic rings. The Bertz CT molecular complexity index is 1280. The number of fused-ring (bicyclic) bond motifs is 1. The molecule has 1 aliphatic heterocycles. The fourth-order valence-corrected chi connectivity index (χ4v) is 4.43. The number of amides is 1. The van der Waals surface area contributed by atoms with Crippen molar-refractivity contribution in [3.05, 3.63) is 94.0 Å². The zero-order chi connectivity index (χ0) is 25.7. The molecule has 1 heterocycles. The lowest BCUT2D eigenvalue weighted by Gasteiger charge is -2.16. The van der Waals surface area contributed by atoms with Gasteiger partial charge in [0, 0.05) is 22.7 Å². The number of nitrogens with zero attached hydrogens (tertiary/aromatic N) is 1. The molecule has 0 aliphatic carbocycles. The lowest BCUT2D eigenvalue weighted by molar-refractivity contribution is -0.137. The van der Waals surface area contributed by atoms with E-state index in [-0.39, 0.29) is 12.3 Å². The Balaban J connectivity index is 1.67. The molecule has 3 aromatic carbocycles. The normalized spacial score (nSPS) is 13.9. The summed E-state index contributed by atoms with van der Waals surface area (Å²) < 4.78 is 0. The van der Waals surface area contributed by atoms with Gasteiger partial charge in [-0.1, -0.05) is 54.1 Å². The van der Waals surface area contributed by atoms with Gasteiger partial charge in [-0.05, 0) is 80.9 Å². The highest BCUT2D eigenvalue weighted by atomic mass is 35.5. The summed E-state index contributed by atoms with van der Waals surface area (Å²) in [5.74, 6) is -1.03. The van der Waals surface area contributed by atoms with Crippen molar-refractivity contribution in [3.63, 3.8) is 0 Å². The third-order valence-corrected chi connectivity index (χ3v) is 6.38. The molecule has 0 saturated heterocycles. The maximum atomic E-state index is 13.1. The largest absolute Gasteiger partial charge is 0.481 e. The molecule has 0 spiro atoms. The van der Waals surface area contributed by atoms with Crippen LogP contribution >= 0.6 is 11.6 Å². The minimum Gasteiger partial charge on any atom is -0.481 e. The molecule has 0 bridgehead atoms. The molecular weight excluding hydrogens is 474 g/mol. The number of carbonyl (C=O) groups excluding carboxylic acids is 1. The minimum atomic E-state index is -0.827. The van der Waals surface area contributed by atoms with Gasteiger partial charge in [-0.25, -0.2) is 0 Å². The molecule has 4 rings (SSSR count). The second-order valence-corrected chi connectivity index (χ2v) is 9.65. The topological polar surface area (TPSA) is 81.7 Å². The van der Waals surface area contributed by atoms with E-state index in [1.54, 1.807) is 12.1 Å². The van der Waals surface area contributed by atoms with Gasteiger partial charge in [0.2, 0.25) is 0 Å². The highest BCUT2D eigenvalue weighted by molar-refractivity contribution is 6.38. The van der Waals surface area contributed by atoms with Gasteiger partial charge in [0.05, 0.1) is 17.0 Å². The Morgan fingerprint density at radius 2 is 1.64 bits per heavy atom. The van der Waals surface area contributed by atoms with Crippen molar-refractivity contribution in [2.75, 3.05) is 31.3 Å². The smallest absolute Gasteiger partial charge is 0.303 e. The van der Waals surface area contributed by atoms with Crippen LogP contribution in [0.15, 0.2) is 66.7 Å². The van der Waals surface area contributed by atoms with E-state index in [2.05, 4.69) is 41.8 Å². The van der Waals surface area contributed by atoms with Crippen LogP contribution in [0.25, 0.3) is 11.3 Å². The van der Waals surface area contributed by atoms with Crippen molar-refractivity contribution >= 4 is 46.1 Å². The molecule has 0 saturated carbocycles. The number of nitrogens with one attached hydrogen (secondary N) is 2. The summed E-state index contributed by atoms with van der Waals surface area (Å²) in [5, 5.41) is 15.9. The summed E-state index contributed by atoms with van der Waals surface area (Å²) in [6.45, 7) is 1.04. The van der Waals surface area contributed by atoms with Crippen LogP contribution in [0, 0.1) is 0 Å². The van der Waals surface area contributed by atoms with Gasteiger partial charge in [0.1, 0.15) is 0 Å². The molecule has 186 valence electrons. The van der Waals surface area contributed by atoms with Gasteiger partial charge in [-0.3, -0.25) is 9.59 Å². The number of carboxylic acid groups (broad SMARTS) is 1. The van der Waals surface area contributed by atoms with Crippen molar-refractivity contribution in [3.8, 4) is 0 Å². The van der Waals surface area contributed by atoms with Gasteiger partial charge < -0.3 is 20.6 Å². The van der Waals surface area contributed by atoms with Crippen molar-refractivity contribution in [2.24, 2.45) is 0 Å². The van der Waals surface area contributed by atoms with E-state index in [1.165, 1.54) is 5.56 Å². The summed E-state index contributed by atoms with van der Waals surface area (Å²) in [5.41, 5.74) is 6.57. The van der Waals surface area contributed by atoms with E-state index < -0.39 is 5.97 Å². The number of carbonyl (C=O) groups is 2. The quantitative estimate of drug-likeness (QED) is 0.305. The van der Waals surface area contributed by atoms with E-state index in [0.717, 1.165) is 41.8 Å². The Labute approximate surface area is 216 Å². The summed E-state index contributed by atoms with van der Waals surface area (Å²) in [6, 6.07) is 21.3.